The van der Waals surface area contributed by atoms with Crippen molar-refractivity contribution >= 4 is 5.69 Å². The summed E-state index contributed by atoms with van der Waals surface area (Å²) < 4.78 is 20.0. The number of likely N-dealkylation sites (tertiary alicyclic amines) is 1. The largest absolute Gasteiger partial charge is 0.381 e. The Morgan fingerprint density at radius 1 is 1.06 bits per heavy atom. The van der Waals surface area contributed by atoms with Gasteiger partial charge in [-0.15, -0.1) is 0 Å². The molecule has 4 aliphatic rings. The number of pyridine rings is 1. The maximum Gasteiger partial charge on any atom is 0.119 e. The fourth-order valence-electron chi connectivity index (χ4n) is 7.13. The molecule has 3 saturated heterocycles. The van der Waals surface area contributed by atoms with E-state index in [2.05, 4.69) is 58.1 Å². The summed E-state index contributed by atoms with van der Waals surface area (Å²) in [6.45, 7) is 10.0. The van der Waals surface area contributed by atoms with Gasteiger partial charge in [-0.2, -0.15) is 0 Å². The second-order valence-corrected chi connectivity index (χ2v) is 11.6. The van der Waals surface area contributed by atoms with E-state index in [0.29, 0.717) is 5.41 Å². The van der Waals surface area contributed by atoms with E-state index < -0.39 is 0 Å². The van der Waals surface area contributed by atoms with Crippen molar-refractivity contribution in [2.75, 3.05) is 50.8 Å². The standard InChI is InChI=1S/C31H38FN3O/c1-2-31(12-8-27(32)16-28(31)25-6-4-3-5-7-25)17-26-18-33-13-9-29(26)35-22-30(23-35)20-34(21-30)19-24-10-14-36-15-11-24/h3-9,12-13,16,18,24,28H,2,10-11,14-15,17,19-23H2,1H3. The molecule has 3 fully saturated rings. The molecule has 2 unspecified atom stereocenters. The van der Waals surface area contributed by atoms with Crippen molar-refractivity contribution in [2.24, 2.45) is 16.7 Å². The van der Waals surface area contributed by atoms with Crippen LogP contribution in [0.1, 0.15) is 43.2 Å². The van der Waals surface area contributed by atoms with Gasteiger partial charge >= 0.3 is 0 Å². The molecule has 2 aromatic rings. The molecule has 1 aromatic heterocycles. The first-order valence-electron chi connectivity index (χ1n) is 13.7. The van der Waals surface area contributed by atoms with Gasteiger partial charge in [0.1, 0.15) is 5.83 Å². The van der Waals surface area contributed by atoms with Gasteiger partial charge in [0.05, 0.1) is 0 Å². The molecule has 1 aromatic carbocycles. The molecule has 6 rings (SSSR count). The van der Waals surface area contributed by atoms with Gasteiger partial charge in [0.15, 0.2) is 0 Å². The molecule has 5 heteroatoms. The van der Waals surface area contributed by atoms with Crippen LogP contribution in [0.2, 0.25) is 0 Å². The summed E-state index contributed by atoms with van der Waals surface area (Å²) in [5.74, 6) is 0.679. The molecular weight excluding hydrogens is 449 g/mol. The van der Waals surface area contributed by atoms with Gasteiger partial charge in [-0.3, -0.25) is 4.98 Å². The number of nitrogens with zero attached hydrogens (tertiary/aromatic N) is 3. The predicted molar refractivity (Wildman–Crippen MR) is 143 cm³/mol. The monoisotopic (exact) mass is 487 g/mol. The Balaban J connectivity index is 1.15. The molecule has 0 amide bonds. The minimum absolute atomic E-state index is 0.00914. The number of allylic oxidation sites excluding steroid dienone is 4. The quantitative estimate of drug-likeness (QED) is 0.495. The molecule has 190 valence electrons. The van der Waals surface area contributed by atoms with Crippen LogP contribution >= 0.6 is 0 Å². The zero-order valence-electron chi connectivity index (χ0n) is 21.4. The molecule has 0 N–H and O–H groups in total. The first-order valence-corrected chi connectivity index (χ1v) is 13.7. The maximum absolute atomic E-state index is 14.5. The molecule has 0 saturated carbocycles. The molecule has 1 aliphatic carbocycles. The Kier molecular flexibility index (Phi) is 6.47. The van der Waals surface area contributed by atoms with Crippen molar-refractivity contribution in [3.05, 3.63) is 84.0 Å². The highest BCUT2D eigenvalue weighted by Gasteiger charge is 2.52. The first-order chi connectivity index (χ1) is 17.6. The summed E-state index contributed by atoms with van der Waals surface area (Å²) in [5, 5.41) is 0. The van der Waals surface area contributed by atoms with Gasteiger partial charge < -0.3 is 14.5 Å². The predicted octanol–water partition coefficient (Wildman–Crippen LogP) is 5.78. The second kappa shape index (κ2) is 9.75. The number of hydrogen-bond donors (Lipinski definition) is 0. The highest BCUT2D eigenvalue weighted by Crippen LogP contribution is 2.49. The fourth-order valence-corrected chi connectivity index (χ4v) is 7.13. The Bertz CT molecular complexity index is 1110. The lowest BCUT2D eigenvalue weighted by molar-refractivity contribution is -0.0427. The van der Waals surface area contributed by atoms with E-state index >= 15 is 0 Å². The minimum Gasteiger partial charge on any atom is -0.381 e. The Hall–Kier alpha value is -2.50. The van der Waals surface area contributed by atoms with Gasteiger partial charge in [0.2, 0.25) is 0 Å². The summed E-state index contributed by atoms with van der Waals surface area (Å²) in [6, 6.07) is 12.6. The van der Waals surface area contributed by atoms with Crippen LogP contribution in [0, 0.1) is 16.7 Å². The molecule has 4 heterocycles. The van der Waals surface area contributed by atoms with Crippen LogP contribution in [-0.4, -0.2) is 55.8 Å². The van der Waals surface area contributed by atoms with E-state index in [9.17, 15) is 4.39 Å². The van der Waals surface area contributed by atoms with Crippen molar-refractivity contribution in [3.63, 3.8) is 0 Å². The van der Waals surface area contributed by atoms with Crippen molar-refractivity contribution < 1.29 is 9.13 Å². The third-order valence-electron chi connectivity index (χ3n) is 9.10. The lowest BCUT2D eigenvalue weighted by Crippen LogP contribution is -2.72. The molecule has 1 spiro atoms. The molecule has 0 radical (unpaired) electrons. The third kappa shape index (κ3) is 4.52. The number of benzene rings is 1. The van der Waals surface area contributed by atoms with Crippen LogP contribution in [0.15, 0.2) is 72.8 Å². The number of rotatable bonds is 7. The van der Waals surface area contributed by atoms with Crippen molar-refractivity contribution in [1.29, 1.82) is 0 Å². The topological polar surface area (TPSA) is 28.6 Å². The van der Waals surface area contributed by atoms with Gasteiger partial charge in [-0.05, 0) is 60.9 Å². The third-order valence-corrected chi connectivity index (χ3v) is 9.10. The number of halogens is 1. The summed E-state index contributed by atoms with van der Waals surface area (Å²) in [5.41, 5.74) is 4.03. The molecule has 36 heavy (non-hydrogen) atoms. The van der Waals surface area contributed by atoms with Crippen LogP contribution in [0.3, 0.4) is 0 Å². The summed E-state index contributed by atoms with van der Waals surface area (Å²) in [4.78, 5) is 9.72. The van der Waals surface area contributed by atoms with Gasteiger partial charge in [-0.25, -0.2) is 4.39 Å². The molecule has 2 atom stereocenters. The van der Waals surface area contributed by atoms with Crippen molar-refractivity contribution in [1.82, 2.24) is 9.88 Å². The van der Waals surface area contributed by atoms with Crippen molar-refractivity contribution in [3.8, 4) is 0 Å². The van der Waals surface area contributed by atoms with Crippen LogP contribution in [0.25, 0.3) is 0 Å². The van der Waals surface area contributed by atoms with Crippen LogP contribution in [0.4, 0.5) is 10.1 Å². The summed E-state index contributed by atoms with van der Waals surface area (Å²) in [7, 11) is 0. The SMILES string of the molecule is CCC1(Cc2cnccc2N2CC3(CN(CC4CCOCC4)C3)C2)C=CC(F)=CC1c1ccccc1. The van der Waals surface area contributed by atoms with E-state index in [1.165, 1.54) is 49.3 Å². The molecule has 3 aliphatic heterocycles. The normalized spacial score (nSPS) is 28.0. The van der Waals surface area contributed by atoms with Crippen LogP contribution < -0.4 is 4.90 Å². The number of anilines is 1. The highest BCUT2D eigenvalue weighted by molar-refractivity contribution is 5.57. The molecular formula is C31H38FN3O. The van der Waals surface area contributed by atoms with Crippen LogP contribution in [-0.2, 0) is 11.2 Å². The minimum atomic E-state index is -0.172. The Labute approximate surface area is 214 Å². The average Bonchev–Trinajstić information content (AvgIpc) is 2.87. The highest BCUT2D eigenvalue weighted by atomic mass is 19.1. The molecule has 4 nitrogen and oxygen atoms in total. The number of ether oxygens (including phenoxy) is 1. The zero-order valence-corrected chi connectivity index (χ0v) is 21.4. The maximum atomic E-state index is 14.5. The number of aromatic nitrogens is 1. The fraction of sp³-hybridized carbons (Fsp3) is 0.516. The number of hydrogen-bond acceptors (Lipinski definition) is 4. The smallest absolute Gasteiger partial charge is 0.119 e. The van der Waals surface area contributed by atoms with E-state index in [1.54, 1.807) is 6.08 Å². The Morgan fingerprint density at radius 2 is 1.83 bits per heavy atom. The van der Waals surface area contributed by atoms with E-state index in [0.717, 1.165) is 45.1 Å². The molecule has 0 bridgehead atoms. The van der Waals surface area contributed by atoms with Crippen molar-refractivity contribution in [2.45, 2.75) is 38.5 Å². The van der Waals surface area contributed by atoms with Gasteiger partial charge in [0.25, 0.3) is 0 Å². The lowest BCUT2D eigenvalue weighted by atomic mass is 9.64. The average molecular weight is 488 g/mol. The Morgan fingerprint density at radius 3 is 2.58 bits per heavy atom. The van der Waals surface area contributed by atoms with Crippen LogP contribution in [0.5, 0.6) is 0 Å². The lowest BCUT2D eigenvalue weighted by Gasteiger charge is -2.62. The first kappa shape index (κ1) is 23.9. The van der Waals surface area contributed by atoms with Gasteiger partial charge in [0, 0.05) is 80.8 Å². The van der Waals surface area contributed by atoms with Gasteiger partial charge in [-0.1, -0.05) is 43.3 Å². The van der Waals surface area contributed by atoms with E-state index in [1.807, 2.05) is 24.5 Å². The van der Waals surface area contributed by atoms with E-state index in [-0.39, 0.29) is 17.2 Å². The zero-order chi connectivity index (χ0) is 24.6. The summed E-state index contributed by atoms with van der Waals surface area (Å²) >= 11 is 0. The summed E-state index contributed by atoms with van der Waals surface area (Å²) in [6.07, 6.45) is 13.8. The van der Waals surface area contributed by atoms with E-state index in [4.69, 9.17) is 4.74 Å². The second-order valence-electron chi connectivity index (χ2n) is 11.6.